The summed E-state index contributed by atoms with van der Waals surface area (Å²) in [5, 5.41) is 40.4. The number of aliphatic carboxylic acids is 1. The molecule has 1 aliphatic carbocycles. The summed E-state index contributed by atoms with van der Waals surface area (Å²) >= 11 is 12.2. The zero-order valence-corrected chi connectivity index (χ0v) is 24.1. The fourth-order valence-corrected chi connectivity index (χ4v) is 5.08. The summed E-state index contributed by atoms with van der Waals surface area (Å²) in [4.78, 5) is 14.9. The number of aryl methyl sites for hydroxylation is 1. The van der Waals surface area contributed by atoms with Gasteiger partial charge in [0.2, 0.25) is 0 Å². The fourth-order valence-electron chi connectivity index (χ4n) is 4.67. The van der Waals surface area contributed by atoms with Crippen molar-refractivity contribution >= 4 is 29.2 Å². The van der Waals surface area contributed by atoms with Crippen LogP contribution >= 0.6 is 23.2 Å². The molecule has 0 bridgehead atoms. The van der Waals surface area contributed by atoms with E-state index in [-0.39, 0.29) is 18.9 Å². The standard InChI is InChI=1S/C17H16ClN3O4.C15H13ClO/c18-14-1-2-16(13(4-14)8-21-15(9-22)17(23)24)25-10-12-3-11(5-19)6-20-7-12;16-15-8-7-11(17)9-14(15)13-6-2-4-10-3-1-5-12(10)13/h1-4,6-7,15,21-22H,8-10H2,(H,23,24);2,4,6-9,17H,1,3,5H2. The number of nitrogens with one attached hydrogen (secondary N) is 1. The first kappa shape index (κ1) is 30.8. The molecule has 0 saturated heterocycles. The first-order valence-corrected chi connectivity index (χ1v) is 14.0. The number of carbonyl (C=O) groups is 1. The van der Waals surface area contributed by atoms with Gasteiger partial charge in [0.15, 0.2) is 0 Å². The van der Waals surface area contributed by atoms with Crippen LogP contribution < -0.4 is 10.1 Å². The van der Waals surface area contributed by atoms with E-state index in [1.165, 1.54) is 29.3 Å². The number of benzene rings is 3. The number of rotatable bonds is 9. The molecular weight excluding hydrogens is 577 g/mol. The van der Waals surface area contributed by atoms with Crippen LogP contribution in [0.25, 0.3) is 11.1 Å². The molecule has 8 nitrogen and oxygen atoms in total. The number of hydrogen-bond donors (Lipinski definition) is 4. The number of halogens is 2. The van der Waals surface area contributed by atoms with Gasteiger partial charge >= 0.3 is 5.97 Å². The molecule has 1 aromatic heterocycles. The number of nitrogens with zero attached hydrogens (tertiary/aromatic N) is 2. The van der Waals surface area contributed by atoms with Gasteiger partial charge in [0.25, 0.3) is 0 Å². The monoisotopic (exact) mass is 605 g/mol. The van der Waals surface area contributed by atoms with Crippen molar-refractivity contribution in [2.24, 2.45) is 0 Å². The molecule has 0 fully saturated rings. The summed E-state index contributed by atoms with van der Waals surface area (Å²) in [5.41, 5.74) is 6.72. The molecule has 4 aromatic rings. The van der Waals surface area contributed by atoms with Gasteiger partial charge in [-0.05, 0) is 78.4 Å². The van der Waals surface area contributed by atoms with Crippen molar-refractivity contribution in [1.29, 1.82) is 5.26 Å². The smallest absolute Gasteiger partial charge is 0.323 e. The Balaban J connectivity index is 0.000000206. The third-order valence-electron chi connectivity index (χ3n) is 6.75. The minimum absolute atomic E-state index is 0.157. The van der Waals surface area contributed by atoms with Gasteiger partial charge in [0.05, 0.1) is 12.2 Å². The summed E-state index contributed by atoms with van der Waals surface area (Å²) in [6, 6.07) is 19.1. The number of aromatic nitrogens is 1. The van der Waals surface area contributed by atoms with Crippen molar-refractivity contribution in [2.45, 2.75) is 38.5 Å². The van der Waals surface area contributed by atoms with Gasteiger partial charge in [-0.25, -0.2) is 0 Å². The molecule has 1 aliphatic rings. The minimum Gasteiger partial charge on any atom is -0.508 e. The number of pyridine rings is 1. The lowest BCUT2D eigenvalue weighted by Crippen LogP contribution is -2.39. The number of hydrogen-bond acceptors (Lipinski definition) is 7. The third kappa shape index (κ3) is 7.99. The largest absolute Gasteiger partial charge is 0.508 e. The summed E-state index contributed by atoms with van der Waals surface area (Å²) in [7, 11) is 0. The van der Waals surface area contributed by atoms with E-state index in [1.807, 2.05) is 6.07 Å². The second-order valence-corrected chi connectivity index (χ2v) is 10.5. The lowest BCUT2D eigenvalue weighted by molar-refractivity contribution is -0.140. The van der Waals surface area contributed by atoms with E-state index in [0.29, 0.717) is 26.9 Å². The number of ether oxygens (including phenoxy) is 1. The molecule has 1 unspecified atom stereocenters. The van der Waals surface area contributed by atoms with Crippen LogP contribution in [0.1, 0.15) is 34.2 Å². The molecule has 1 heterocycles. The number of aliphatic hydroxyl groups is 1. The highest BCUT2D eigenvalue weighted by atomic mass is 35.5. The highest BCUT2D eigenvalue weighted by Crippen LogP contribution is 2.37. The van der Waals surface area contributed by atoms with Crippen LogP contribution in [0.4, 0.5) is 0 Å². The van der Waals surface area contributed by atoms with Crippen LogP contribution in [-0.4, -0.2) is 38.9 Å². The Bertz CT molecular complexity index is 1610. The third-order valence-corrected chi connectivity index (χ3v) is 7.31. The average Bonchev–Trinajstić information content (AvgIpc) is 3.48. The number of fused-ring (bicyclic) bond motifs is 1. The number of phenolic OH excluding ortho intramolecular Hbond substituents is 1. The van der Waals surface area contributed by atoms with Crippen molar-refractivity contribution in [1.82, 2.24) is 10.3 Å². The van der Waals surface area contributed by atoms with Gasteiger partial charge in [0.1, 0.15) is 30.2 Å². The van der Waals surface area contributed by atoms with Crippen molar-refractivity contribution in [3.8, 4) is 28.7 Å². The van der Waals surface area contributed by atoms with Crippen LogP contribution in [0.3, 0.4) is 0 Å². The van der Waals surface area contributed by atoms with E-state index in [0.717, 1.165) is 24.0 Å². The number of nitriles is 1. The van der Waals surface area contributed by atoms with Gasteiger partial charge < -0.3 is 20.1 Å². The Hall–Kier alpha value is -4.13. The molecule has 0 amide bonds. The van der Waals surface area contributed by atoms with E-state index >= 15 is 0 Å². The number of phenols is 1. The molecular formula is C32H29Cl2N3O5. The fraction of sp³-hybridized carbons (Fsp3) is 0.219. The zero-order chi connectivity index (χ0) is 30.1. The number of aromatic hydroxyl groups is 1. The minimum atomic E-state index is -1.15. The van der Waals surface area contributed by atoms with Crippen molar-refractivity contribution in [2.75, 3.05) is 6.61 Å². The molecule has 0 saturated carbocycles. The lowest BCUT2D eigenvalue weighted by atomic mass is 9.97. The highest BCUT2D eigenvalue weighted by Gasteiger charge is 2.18. The highest BCUT2D eigenvalue weighted by molar-refractivity contribution is 6.33. The predicted octanol–water partition coefficient (Wildman–Crippen LogP) is 5.92. The average molecular weight is 607 g/mol. The van der Waals surface area contributed by atoms with Crippen molar-refractivity contribution in [3.05, 3.63) is 111 Å². The maximum atomic E-state index is 11.0. The van der Waals surface area contributed by atoms with E-state index < -0.39 is 18.6 Å². The molecule has 42 heavy (non-hydrogen) atoms. The predicted molar refractivity (Wildman–Crippen MR) is 161 cm³/mol. The zero-order valence-electron chi connectivity index (χ0n) is 22.6. The maximum Gasteiger partial charge on any atom is 0.323 e. The second kappa shape index (κ2) is 14.7. The topological polar surface area (TPSA) is 136 Å². The second-order valence-electron chi connectivity index (χ2n) is 9.65. The quantitative estimate of drug-likeness (QED) is 0.184. The molecule has 10 heteroatoms. The number of aliphatic hydroxyl groups excluding tert-OH is 1. The Labute approximate surface area is 253 Å². The summed E-state index contributed by atoms with van der Waals surface area (Å²) in [6.45, 7) is -0.178. The molecule has 216 valence electrons. The number of carboxylic acids is 1. The summed E-state index contributed by atoms with van der Waals surface area (Å²) in [6.07, 6.45) is 6.53. The Kier molecular flexibility index (Phi) is 10.8. The Morgan fingerprint density at radius 1 is 1.07 bits per heavy atom. The van der Waals surface area contributed by atoms with Gasteiger partial charge in [-0.2, -0.15) is 5.26 Å². The molecule has 5 rings (SSSR count). The van der Waals surface area contributed by atoms with E-state index in [1.54, 1.807) is 48.7 Å². The first-order valence-electron chi connectivity index (χ1n) is 13.2. The van der Waals surface area contributed by atoms with E-state index in [4.69, 9.17) is 43.4 Å². The van der Waals surface area contributed by atoms with Gasteiger partial charge in [-0.3, -0.25) is 15.1 Å². The van der Waals surface area contributed by atoms with Gasteiger partial charge in [-0.1, -0.05) is 41.4 Å². The molecule has 3 aromatic carbocycles. The maximum absolute atomic E-state index is 11.0. The molecule has 0 aliphatic heterocycles. The SMILES string of the molecule is N#Cc1cncc(COc2ccc(Cl)cc2CNC(CO)C(=O)O)c1.Oc1ccc(Cl)c(-c2cccc3c2CCC3)c1. The number of carboxylic acid groups (broad SMARTS) is 1. The van der Waals surface area contributed by atoms with Crippen LogP contribution in [0.5, 0.6) is 11.5 Å². The van der Waals surface area contributed by atoms with E-state index in [2.05, 4.69) is 28.5 Å². The Morgan fingerprint density at radius 2 is 1.90 bits per heavy atom. The summed E-state index contributed by atoms with van der Waals surface area (Å²) in [5.74, 6) is -0.368. The van der Waals surface area contributed by atoms with E-state index in [9.17, 15) is 9.90 Å². The molecule has 4 N–H and O–H groups in total. The van der Waals surface area contributed by atoms with Gasteiger partial charge in [-0.15, -0.1) is 0 Å². The molecule has 0 spiro atoms. The van der Waals surface area contributed by atoms with Crippen LogP contribution in [0, 0.1) is 11.3 Å². The van der Waals surface area contributed by atoms with Crippen LogP contribution in [-0.2, 0) is 30.8 Å². The summed E-state index contributed by atoms with van der Waals surface area (Å²) < 4.78 is 5.75. The first-order chi connectivity index (χ1) is 20.3. The van der Waals surface area contributed by atoms with Crippen molar-refractivity contribution in [3.63, 3.8) is 0 Å². The molecule has 0 radical (unpaired) electrons. The molecule has 1 atom stereocenters. The Morgan fingerprint density at radius 3 is 2.67 bits per heavy atom. The lowest BCUT2D eigenvalue weighted by Gasteiger charge is -2.15. The van der Waals surface area contributed by atoms with Crippen molar-refractivity contribution < 1.29 is 24.9 Å². The van der Waals surface area contributed by atoms with Crippen LogP contribution in [0.15, 0.2) is 73.1 Å². The normalized spacial score (nSPS) is 12.4. The van der Waals surface area contributed by atoms with Crippen LogP contribution in [0.2, 0.25) is 10.0 Å². The van der Waals surface area contributed by atoms with Gasteiger partial charge in [0, 0.05) is 45.7 Å².